The number of anilines is 2. The Kier molecular flexibility index (Phi) is 4.98. The minimum Gasteiger partial charge on any atom is -0.479 e. The van der Waals surface area contributed by atoms with Crippen LogP contribution in [0.1, 0.15) is 23.9 Å². The molecular weight excluding hydrogens is 342 g/mol. The van der Waals surface area contributed by atoms with Crippen LogP contribution in [0.4, 0.5) is 11.4 Å². The van der Waals surface area contributed by atoms with Gasteiger partial charge in [-0.3, -0.25) is 9.59 Å². The second kappa shape index (κ2) is 7.18. The van der Waals surface area contributed by atoms with Gasteiger partial charge < -0.3 is 19.9 Å². The number of hydrogen-bond donors (Lipinski definition) is 2. The Morgan fingerprint density at radius 1 is 1.40 bits per heavy atom. The van der Waals surface area contributed by atoms with Crippen molar-refractivity contribution in [1.29, 1.82) is 0 Å². The molecule has 2 heterocycles. The van der Waals surface area contributed by atoms with Crippen molar-refractivity contribution in [3.63, 3.8) is 0 Å². The van der Waals surface area contributed by atoms with Gasteiger partial charge >= 0.3 is 0 Å². The Morgan fingerprint density at radius 3 is 2.92 bits per heavy atom. The van der Waals surface area contributed by atoms with E-state index < -0.39 is 6.10 Å². The summed E-state index contributed by atoms with van der Waals surface area (Å²) < 4.78 is 10.6. The summed E-state index contributed by atoms with van der Waals surface area (Å²) in [4.78, 5) is 23.8. The lowest BCUT2D eigenvalue weighted by Crippen LogP contribution is -2.34. The van der Waals surface area contributed by atoms with Gasteiger partial charge in [0.1, 0.15) is 11.5 Å². The maximum Gasteiger partial charge on any atom is 0.265 e. The molecule has 0 saturated carbocycles. The molecule has 132 valence electrons. The molecule has 1 aromatic heterocycles. The minimum atomic E-state index is -0.520. The lowest BCUT2D eigenvalue weighted by molar-refractivity contribution is -0.122. The SMILES string of the molecule is Cc1noc(C)c1CSCC(=O)Nc1ccc2c(c1)NC(=O)C(C)O2. The Morgan fingerprint density at radius 2 is 2.20 bits per heavy atom. The van der Waals surface area contributed by atoms with Gasteiger partial charge in [0.25, 0.3) is 5.91 Å². The quantitative estimate of drug-likeness (QED) is 0.850. The summed E-state index contributed by atoms with van der Waals surface area (Å²) in [6, 6.07) is 5.17. The predicted molar refractivity (Wildman–Crippen MR) is 95.9 cm³/mol. The fourth-order valence-corrected chi connectivity index (χ4v) is 3.41. The lowest BCUT2D eigenvalue weighted by Gasteiger charge is -2.23. The molecule has 0 saturated heterocycles. The van der Waals surface area contributed by atoms with E-state index in [0.717, 1.165) is 17.0 Å². The molecule has 0 radical (unpaired) electrons. The van der Waals surface area contributed by atoms with Crippen LogP contribution in [-0.2, 0) is 15.3 Å². The Balaban J connectivity index is 1.55. The molecule has 8 heteroatoms. The number of carbonyl (C=O) groups is 2. The van der Waals surface area contributed by atoms with E-state index >= 15 is 0 Å². The monoisotopic (exact) mass is 361 g/mol. The van der Waals surface area contributed by atoms with Gasteiger partial charge in [-0.25, -0.2) is 0 Å². The largest absolute Gasteiger partial charge is 0.479 e. The number of nitrogens with zero attached hydrogens (tertiary/aromatic N) is 1. The number of thioether (sulfide) groups is 1. The molecule has 0 aliphatic carbocycles. The smallest absolute Gasteiger partial charge is 0.265 e. The highest BCUT2D eigenvalue weighted by Gasteiger charge is 2.23. The highest BCUT2D eigenvalue weighted by molar-refractivity contribution is 7.99. The van der Waals surface area contributed by atoms with E-state index in [-0.39, 0.29) is 11.8 Å². The first kappa shape index (κ1) is 17.3. The van der Waals surface area contributed by atoms with Crippen LogP contribution in [0.2, 0.25) is 0 Å². The highest BCUT2D eigenvalue weighted by Crippen LogP contribution is 2.32. The van der Waals surface area contributed by atoms with Crippen LogP contribution in [0.3, 0.4) is 0 Å². The topological polar surface area (TPSA) is 93.5 Å². The number of carbonyl (C=O) groups excluding carboxylic acids is 2. The van der Waals surface area contributed by atoms with Crippen molar-refractivity contribution < 1.29 is 18.8 Å². The molecule has 0 bridgehead atoms. The molecule has 1 aromatic carbocycles. The molecule has 2 aromatic rings. The van der Waals surface area contributed by atoms with Gasteiger partial charge in [-0.15, -0.1) is 11.8 Å². The molecule has 0 spiro atoms. The molecule has 7 nitrogen and oxygen atoms in total. The summed E-state index contributed by atoms with van der Waals surface area (Å²) in [6.07, 6.45) is -0.520. The average Bonchev–Trinajstić information content (AvgIpc) is 2.88. The van der Waals surface area contributed by atoms with Crippen molar-refractivity contribution in [2.45, 2.75) is 32.6 Å². The van der Waals surface area contributed by atoms with Gasteiger partial charge in [0.2, 0.25) is 5.91 Å². The van der Waals surface area contributed by atoms with Gasteiger partial charge in [0, 0.05) is 17.0 Å². The standard InChI is InChI=1S/C17H19N3O4S/c1-9-13(10(2)24-20-9)7-25-8-16(21)18-12-4-5-15-14(6-12)19-17(22)11(3)23-15/h4-6,11H,7-8H2,1-3H3,(H,18,21)(H,19,22). The van der Waals surface area contributed by atoms with Crippen LogP contribution < -0.4 is 15.4 Å². The molecule has 1 aliphatic heterocycles. The number of hydrogen-bond acceptors (Lipinski definition) is 6. The highest BCUT2D eigenvalue weighted by atomic mass is 32.2. The van der Waals surface area contributed by atoms with Crippen molar-refractivity contribution in [2.75, 3.05) is 16.4 Å². The van der Waals surface area contributed by atoms with Gasteiger partial charge in [-0.05, 0) is 39.0 Å². The van der Waals surface area contributed by atoms with Crippen LogP contribution in [0.25, 0.3) is 0 Å². The fraction of sp³-hybridized carbons (Fsp3) is 0.353. The maximum absolute atomic E-state index is 12.1. The van der Waals surface area contributed by atoms with Crippen LogP contribution >= 0.6 is 11.8 Å². The molecule has 2 amide bonds. The first-order valence-corrected chi connectivity index (χ1v) is 9.00. The van der Waals surface area contributed by atoms with E-state index in [9.17, 15) is 9.59 Å². The number of amides is 2. The van der Waals surface area contributed by atoms with Gasteiger partial charge in [0.05, 0.1) is 17.1 Å². The van der Waals surface area contributed by atoms with Gasteiger partial charge in [0.15, 0.2) is 6.10 Å². The van der Waals surface area contributed by atoms with Crippen molar-refractivity contribution in [1.82, 2.24) is 5.16 Å². The van der Waals surface area contributed by atoms with E-state index in [1.807, 2.05) is 13.8 Å². The zero-order valence-corrected chi connectivity index (χ0v) is 15.0. The van der Waals surface area contributed by atoms with Crippen molar-refractivity contribution in [3.05, 3.63) is 35.2 Å². The van der Waals surface area contributed by atoms with Crippen LogP contribution in [-0.4, -0.2) is 28.8 Å². The summed E-state index contributed by atoms with van der Waals surface area (Å²) in [7, 11) is 0. The third-order valence-electron chi connectivity index (χ3n) is 3.85. The number of fused-ring (bicyclic) bond motifs is 1. The second-order valence-electron chi connectivity index (χ2n) is 5.80. The zero-order valence-electron chi connectivity index (χ0n) is 14.2. The third kappa shape index (κ3) is 3.96. The van der Waals surface area contributed by atoms with Crippen LogP contribution in [0.5, 0.6) is 5.75 Å². The van der Waals surface area contributed by atoms with Crippen molar-refractivity contribution in [2.24, 2.45) is 0 Å². The normalized spacial score (nSPS) is 16.0. The number of ether oxygens (including phenoxy) is 1. The first-order valence-electron chi connectivity index (χ1n) is 7.85. The van der Waals surface area contributed by atoms with E-state index in [4.69, 9.17) is 9.26 Å². The van der Waals surface area contributed by atoms with Crippen molar-refractivity contribution >= 4 is 35.0 Å². The van der Waals surface area contributed by atoms with E-state index in [2.05, 4.69) is 15.8 Å². The van der Waals surface area contributed by atoms with E-state index in [0.29, 0.717) is 28.6 Å². The van der Waals surface area contributed by atoms with E-state index in [1.165, 1.54) is 11.8 Å². The molecule has 1 aliphatic rings. The number of benzene rings is 1. The summed E-state index contributed by atoms with van der Waals surface area (Å²) >= 11 is 1.49. The molecule has 25 heavy (non-hydrogen) atoms. The molecule has 1 unspecified atom stereocenters. The third-order valence-corrected chi connectivity index (χ3v) is 4.81. The van der Waals surface area contributed by atoms with Crippen LogP contribution in [0.15, 0.2) is 22.7 Å². The minimum absolute atomic E-state index is 0.117. The summed E-state index contributed by atoms with van der Waals surface area (Å²) in [5.74, 6) is 2.03. The second-order valence-corrected chi connectivity index (χ2v) is 6.79. The number of aromatic nitrogens is 1. The Hall–Kier alpha value is -2.48. The molecule has 3 rings (SSSR count). The Labute approximate surface area is 149 Å². The summed E-state index contributed by atoms with van der Waals surface area (Å²) in [5, 5.41) is 9.48. The molecule has 0 fully saturated rings. The zero-order chi connectivity index (χ0) is 18.0. The molecule has 2 N–H and O–H groups in total. The number of rotatable bonds is 5. The van der Waals surface area contributed by atoms with Crippen molar-refractivity contribution in [3.8, 4) is 5.75 Å². The summed E-state index contributed by atoms with van der Waals surface area (Å²) in [5.41, 5.74) is 3.05. The maximum atomic E-state index is 12.1. The molecular formula is C17H19N3O4S. The number of nitrogens with one attached hydrogen (secondary N) is 2. The molecule has 1 atom stereocenters. The average molecular weight is 361 g/mol. The summed E-state index contributed by atoms with van der Waals surface area (Å²) in [6.45, 7) is 5.43. The lowest BCUT2D eigenvalue weighted by atomic mass is 10.2. The predicted octanol–water partition coefficient (Wildman–Crippen LogP) is 2.88. The Bertz CT molecular complexity index is 799. The van der Waals surface area contributed by atoms with Gasteiger partial charge in [-0.2, -0.15) is 0 Å². The van der Waals surface area contributed by atoms with E-state index in [1.54, 1.807) is 25.1 Å². The number of aryl methyl sites for hydroxylation is 2. The first-order chi connectivity index (χ1) is 11.9. The van der Waals surface area contributed by atoms with Crippen LogP contribution in [0, 0.1) is 13.8 Å². The van der Waals surface area contributed by atoms with Gasteiger partial charge in [-0.1, -0.05) is 5.16 Å². The fourth-order valence-electron chi connectivity index (χ4n) is 2.44.